The number of hydrogen-bond acceptors (Lipinski definition) is 4. The van der Waals surface area contributed by atoms with E-state index in [4.69, 9.17) is 9.15 Å². The molecule has 6 heteroatoms. The average molecular weight is 370 g/mol. The quantitative estimate of drug-likeness (QED) is 0.784. The van der Waals surface area contributed by atoms with Gasteiger partial charge in [0.15, 0.2) is 0 Å². The van der Waals surface area contributed by atoms with Crippen molar-refractivity contribution in [3.8, 4) is 0 Å². The van der Waals surface area contributed by atoms with Crippen molar-refractivity contribution in [2.24, 2.45) is 5.92 Å². The number of ether oxygens (including phenoxy) is 1. The van der Waals surface area contributed by atoms with Gasteiger partial charge < -0.3 is 19.0 Å². The summed E-state index contributed by atoms with van der Waals surface area (Å²) in [6.07, 6.45) is 2.62. The van der Waals surface area contributed by atoms with Gasteiger partial charge >= 0.3 is 0 Å². The number of furan rings is 1. The molecule has 1 aliphatic heterocycles. The molecule has 0 aliphatic carbocycles. The first-order valence-corrected chi connectivity index (χ1v) is 9.27. The minimum absolute atomic E-state index is 0.0497. The number of carbonyl (C=O) groups is 2. The zero-order valence-corrected chi connectivity index (χ0v) is 15.8. The second kappa shape index (κ2) is 8.86. The lowest BCUT2D eigenvalue weighted by Gasteiger charge is -2.26. The van der Waals surface area contributed by atoms with Crippen LogP contribution in [0.15, 0.2) is 53.3 Å². The van der Waals surface area contributed by atoms with Crippen LogP contribution in [-0.2, 0) is 16.1 Å². The molecule has 1 fully saturated rings. The molecule has 0 bridgehead atoms. The molecule has 0 N–H and O–H groups in total. The van der Waals surface area contributed by atoms with Crippen molar-refractivity contribution in [3.05, 3.63) is 60.1 Å². The Balaban J connectivity index is 1.74. The van der Waals surface area contributed by atoms with E-state index in [-0.39, 0.29) is 24.5 Å². The van der Waals surface area contributed by atoms with E-state index in [2.05, 4.69) is 13.8 Å². The minimum Gasteiger partial charge on any atom is -0.472 e. The molecular formula is C21H26N2O4. The monoisotopic (exact) mass is 370 g/mol. The number of rotatable bonds is 6. The van der Waals surface area contributed by atoms with E-state index in [0.717, 1.165) is 5.56 Å². The molecule has 2 amide bonds. The van der Waals surface area contributed by atoms with E-state index in [9.17, 15) is 9.59 Å². The van der Waals surface area contributed by atoms with E-state index in [1.807, 2.05) is 35.2 Å². The molecule has 1 saturated heterocycles. The Kier molecular flexibility index (Phi) is 6.29. The van der Waals surface area contributed by atoms with Crippen LogP contribution in [0.3, 0.4) is 0 Å². The molecule has 1 aliphatic rings. The van der Waals surface area contributed by atoms with Crippen molar-refractivity contribution < 1.29 is 18.7 Å². The van der Waals surface area contributed by atoms with Crippen molar-refractivity contribution in [1.29, 1.82) is 0 Å². The van der Waals surface area contributed by atoms with Gasteiger partial charge in [-0.2, -0.15) is 0 Å². The molecule has 0 radical (unpaired) electrons. The maximum atomic E-state index is 12.7. The van der Waals surface area contributed by atoms with Crippen LogP contribution in [-0.4, -0.2) is 53.9 Å². The summed E-state index contributed by atoms with van der Waals surface area (Å²) in [6, 6.07) is 11.5. The summed E-state index contributed by atoms with van der Waals surface area (Å²) >= 11 is 0. The smallest absolute Gasteiger partial charge is 0.257 e. The summed E-state index contributed by atoms with van der Waals surface area (Å²) in [7, 11) is 0. The van der Waals surface area contributed by atoms with Crippen LogP contribution in [0.1, 0.15) is 29.8 Å². The lowest BCUT2D eigenvalue weighted by molar-refractivity contribution is -0.132. The zero-order chi connectivity index (χ0) is 19.2. The highest BCUT2D eigenvalue weighted by molar-refractivity contribution is 5.96. The summed E-state index contributed by atoms with van der Waals surface area (Å²) in [4.78, 5) is 28.8. The zero-order valence-electron chi connectivity index (χ0n) is 15.8. The van der Waals surface area contributed by atoms with Gasteiger partial charge in [-0.15, -0.1) is 0 Å². The van der Waals surface area contributed by atoms with Crippen LogP contribution < -0.4 is 0 Å². The maximum absolute atomic E-state index is 12.7. The van der Waals surface area contributed by atoms with E-state index in [1.165, 1.54) is 12.5 Å². The molecule has 1 aromatic carbocycles. The number of nitrogens with zero attached hydrogens (tertiary/aromatic N) is 2. The Morgan fingerprint density at radius 2 is 2.00 bits per heavy atom. The third-order valence-corrected chi connectivity index (χ3v) is 4.50. The third-order valence-electron chi connectivity index (χ3n) is 4.50. The first kappa shape index (κ1) is 19.2. The second-order valence-electron chi connectivity index (χ2n) is 7.31. The molecule has 6 nitrogen and oxygen atoms in total. The van der Waals surface area contributed by atoms with E-state index >= 15 is 0 Å². The number of carbonyl (C=O) groups excluding carboxylic acids is 2. The van der Waals surface area contributed by atoms with Crippen molar-refractivity contribution in [3.63, 3.8) is 0 Å². The topological polar surface area (TPSA) is 63.0 Å². The van der Waals surface area contributed by atoms with Crippen LogP contribution in [0.4, 0.5) is 0 Å². The standard InChI is InChI=1S/C21H26N2O4/c1-16(2)10-22-11-19(27-14-17-6-4-3-5-7-17)12-23(13-20(22)24)21(25)18-8-9-26-15-18/h3-9,15-16,19H,10-14H2,1-2H3/t19-/m1/s1. The van der Waals surface area contributed by atoms with Gasteiger partial charge in [-0.1, -0.05) is 44.2 Å². The summed E-state index contributed by atoms with van der Waals surface area (Å²) in [5, 5.41) is 0. The first-order chi connectivity index (χ1) is 13.0. The Morgan fingerprint density at radius 3 is 2.67 bits per heavy atom. The van der Waals surface area contributed by atoms with Gasteiger partial charge in [-0.3, -0.25) is 9.59 Å². The molecular weight excluding hydrogens is 344 g/mol. The van der Waals surface area contributed by atoms with Gasteiger partial charge in [-0.05, 0) is 17.5 Å². The number of benzene rings is 1. The Labute approximate surface area is 159 Å². The van der Waals surface area contributed by atoms with Crippen molar-refractivity contribution >= 4 is 11.8 Å². The van der Waals surface area contributed by atoms with E-state index in [0.29, 0.717) is 37.7 Å². The lowest BCUT2D eigenvalue weighted by Crippen LogP contribution is -2.40. The van der Waals surface area contributed by atoms with Gasteiger partial charge in [0.25, 0.3) is 5.91 Å². The third kappa shape index (κ3) is 5.20. The van der Waals surface area contributed by atoms with Crippen LogP contribution in [0.2, 0.25) is 0 Å². The average Bonchev–Trinajstić information content (AvgIpc) is 3.14. The fourth-order valence-corrected chi connectivity index (χ4v) is 3.21. The largest absolute Gasteiger partial charge is 0.472 e. The fraction of sp³-hybridized carbons (Fsp3) is 0.429. The Morgan fingerprint density at radius 1 is 1.22 bits per heavy atom. The Hall–Kier alpha value is -2.60. The number of amides is 2. The SMILES string of the molecule is CC(C)CN1C[C@@H](OCc2ccccc2)CN(C(=O)c2ccoc2)CC1=O. The van der Waals surface area contributed by atoms with Crippen LogP contribution in [0.5, 0.6) is 0 Å². The van der Waals surface area contributed by atoms with Crippen molar-refractivity contribution in [2.45, 2.75) is 26.6 Å². The van der Waals surface area contributed by atoms with Gasteiger partial charge in [0, 0.05) is 19.6 Å². The summed E-state index contributed by atoms with van der Waals surface area (Å²) < 4.78 is 11.1. The normalized spacial score (nSPS) is 18.0. The molecule has 2 heterocycles. The van der Waals surface area contributed by atoms with E-state index < -0.39 is 0 Å². The fourth-order valence-electron chi connectivity index (χ4n) is 3.21. The van der Waals surface area contributed by atoms with Gasteiger partial charge in [-0.25, -0.2) is 0 Å². The lowest BCUT2D eigenvalue weighted by atomic mass is 10.2. The Bertz CT molecular complexity index is 743. The molecule has 3 rings (SSSR count). The highest BCUT2D eigenvalue weighted by Gasteiger charge is 2.31. The predicted octanol–water partition coefficient (Wildman–Crippen LogP) is 2.81. The molecule has 0 saturated carbocycles. The first-order valence-electron chi connectivity index (χ1n) is 9.27. The number of hydrogen-bond donors (Lipinski definition) is 0. The molecule has 1 aromatic heterocycles. The maximum Gasteiger partial charge on any atom is 0.257 e. The van der Waals surface area contributed by atoms with Gasteiger partial charge in [0.05, 0.1) is 24.5 Å². The summed E-state index contributed by atoms with van der Waals surface area (Å²) in [5.41, 5.74) is 1.51. The molecule has 1 atom stereocenters. The van der Waals surface area contributed by atoms with Crippen molar-refractivity contribution in [1.82, 2.24) is 9.80 Å². The highest BCUT2D eigenvalue weighted by Crippen LogP contribution is 2.15. The van der Waals surface area contributed by atoms with Crippen LogP contribution in [0.25, 0.3) is 0 Å². The molecule has 144 valence electrons. The molecule has 27 heavy (non-hydrogen) atoms. The second-order valence-corrected chi connectivity index (χ2v) is 7.31. The van der Waals surface area contributed by atoms with Crippen molar-refractivity contribution in [2.75, 3.05) is 26.2 Å². The van der Waals surface area contributed by atoms with Crippen LogP contribution >= 0.6 is 0 Å². The minimum atomic E-state index is -0.244. The van der Waals surface area contributed by atoms with Gasteiger partial charge in [0.2, 0.25) is 5.91 Å². The highest BCUT2D eigenvalue weighted by atomic mass is 16.5. The van der Waals surface area contributed by atoms with Crippen LogP contribution in [0, 0.1) is 5.92 Å². The molecule has 0 unspecified atom stereocenters. The van der Waals surface area contributed by atoms with E-state index in [1.54, 1.807) is 11.0 Å². The summed E-state index contributed by atoms with van der Waals surface area (Å²) in [6.45, 7) is 6.16. The van der Waals surface area contributed by atoms with Gasteiger partial charge in [0.1, 0.15) is 12.8 Å². The molecule has 2 aromatic rings. The summed E-state index contributed by atoms with van der Waals surface area (Å²) in [5.74, 6) is 0.0861. The predicted molar refractivity (Wildman–Crippen MR) is 101 cm³/mol. The molecule has 0 spiro atoms.